The lowest BCUT2D eigenvalue weighted by Gasteiger charge is -2.10. The van der Waals surface area contributed by atoms with Gasteiger partial charge in [-0.15, -0.1) is 0 Å². The molecule has 7 heteroatoms. The first kappa shape index (κ1) is 17.9. The molecule has 0 saturated heterocycles. The van der Waals surface area contributed by atoms with Crippen LogP contribution in [-0.4, -0.2) is 59.6 Å². The van der Waals surface area contributed by atoms with Crippen LogP contribution < -0.4 is 5.32 Å². The van der Waals surface area contributed by atoms with E-state index < -0.39 is 0 Å². The van der Waals surface area contributed by atoms with Gasteiger partial charge < -0.3 is 20.3 Å². The smallest absolute Gasteiger partial charge is 0.251 e. The number of nitrogens with zero attached hydrogens (tertiary/aromatic N) is 2. The number of carbonyl (C=O) groups excluding carboxylic acids is 2. The molecule has 4 rings (SSSR count). The highest BCUT2D eigenvalue weighted by molar-refractivity contribution is 6.56. The van der Waals surface area contributed by atoms with Crippen LogP contribution in [0.4, 0.5) is 5.69 Å². The van der Waals surface area contributed by atoms with Crippen molar-refractivity contribution in [3.8, 4) is 5.88 Å². The van der Waals surface area contributed by atoms with E-state index in [2.05, 4.69) is 15.3 Å². The molecule has 3 aromatic rings. The average molecular weight is 376 g/mol. The first-order valence-electron chi connectivity index (χ1n) is 8.96. The molecule has 1 aliphatic heterocycles. The highest BCUT2D eigenvalue weighted by Gasteiger charge is 2.30. The molecule has 28 heavy (non-hydrogen) atoms. The predicted molar refractivity (Wildman–Crippen MR) is 108 cm³/mol. The van der Waals surface area contributed by atoms with Gasteiger partial charge in [-0.1, -0.05) is 18.2 Å². The largest absolute Gasteiger partial charge is 0.494 e. The van der Waals surface area contributed by atoms with Crippen molar-refractivity contribution in [2.75, 3.05) is 27.2 Å². The molecule has 0 saturated carbocycles. The Morgan fingerprint density at radius 2 is 2.00 bits per heavy atom. The van der Waals surface area contributed by atoms with E-state index in [1.807, 2.05) is 43.3 Å². The van der Waals surface area contributed by atoms with Crippen LogP contribution in [0.1, 0.15) is 26.3 Å². The maximum atomic E-state index is 13.0. The lowest BCUT2D eigenvalue weighted by atomic mass is 10.00. The molecular formula is C21H20N4O3. The second kappa shape index (κ2) is 6.94. The Morgan fingerprint density at radius 1 is 1.21 bits per heavy atom. The molecule has 2 aromatic carbocycles. The van der Waals surface area contributed by atoms with Crippen LogP contribution in [0.5, 0.6) is 5.88 Å². The standard InChI is InChI=1S/C21H20N4O3/c1-25(2)10-9-22-20(27)12-7-8-16-14(11-12)19(26)18(23-16)17-13-5-3-4-6-15(13)24-21(17)28/h3-8,11,24,28H,9-10H2,1-2H3,(H,22,27). The number of aromatic nitrogens is 1. The molecule has 1 aliphatic rings. The molecule has 1 aromatic heterocycles. The van der Waals surface area contributed by atoms with Crippen LogP contribution >= 0.6 is 0 Å². The summed E-state index contributed by atoms with van der Waals surface area (Å²) in [5, 5.41) is 13.9. The van der Waals surface area contributed by atoms with Gasteiger partial charge in [0.25, 0.3) is 5.91 Å². The zero-order chi connectivity index (χ0) is 19.8. The molecule has 0 atom stereocenters. The molecule has 0 aliphatic carbocycles. The summed E-state index contributed by atoms with van der Waals surface area (Å²) in [6, 6.07) is 12.2. The number of benzene rings is 2. The van der Waals surface area contributed by atoms with Crippen molar-refractivity contribution < 1.29 is 14.7 Å². The van der Waals surface area contributed by atoms with Gasteiger partial charge in [0.15, 0.2) is 5.88 Å². The van der Waals surface area contributed by atoms with E-state index in [-0.39, 0.29) is 23.3 Å². The van der Waals surface area contributed by atoms with Gasteiger partial charge in [0.05, 0.1) is 16.8 Å². The number of ketones is 1. The Bertz CT molecular complexity index is 1130. The number of hydrogen-bond donors (Lipinski definition) is 3. The Morgan fingerprint density at radius 3 is 2.79 bits per heavy atom. The number of likely N-dealkylation sites (N-methyl/N-ethyl adjacent to an activating group) is 1. The Balaban J connectivity index is 1.63. The van der Waals surface area contributed by atoms with Gasteiger partial charge >= 0.3 is 0 Å². The van der Waals surface area contributed by atoms with Gasteiger partial charge in [0, 0.05) is 29.6 Å². The highest BCUT2D eigenvalue weighted by atomic mass is 16.3. The first-order chi connectivity index (χ1) is 13.5. The molecule has 0 radical (unpaired) electrons. The Kier molecular flexibility index (Phi) is 4.44. The number of aliphatic imine (C=N–C) groups is 1. The second-order valence-corrected chi connectivity index (χ2v) is 6.97. The number of hydrogen-bond acceptors (Lipinski definition) is 5. The number of Topliss-reactive ketones (excluding diaryl/α,β-unsaturated/α-hetero) is 1. The number of rotatable bonds is 5. The molecule has 1 amide bonds. The summed E-state index contributed by atoms with van der Waals surface area (Å²) in [4.78, 5) is 34.6. The number of aromatic hydroxyl groups is 1. The fraction of sp³-hybridized carbons (Fsp3) is 0.190. The van der Waals surface area contributed by atoms with Gasteiger partial charge in [-0.25, -0.2) is 4.99 Å². The summed E-state index contributed by atoms with van der Waals surface area (Å²) >= 11 is 0. The van der Waals surface area contributed by atoms with E-state index in [1.54, 1.807) is 18.2 Å². The van der Waals surface area contributed by atoms with Crippen LogP contribution in [0.25, 0.3) is 10.9 Å². The summed E-state index contributed by atoms with van der Waals surface area (Å²) in [5.41, 5.74) is 2.55. The number of fused-ring (bicyclic) bond motifs is 2. The van der Waals surface area contributed by atoms with Crippen molar-refractivity contribution >= 4 is 34.0 Å². The SMILES string of the molecule is CN(C)CCNC(=O)c1ccc2c(c1)C(=O)C(c1c(O)[nH]c3ccccc13)=N2. The van der Waals surface area contributed by atoms with Crippen LogP contribution in [0.3, 0.4) is 0 Å². The van der Waals surface area contributed by atoms with Crippen LogP contribution in [0.2, 0.25) is 0 Å². The Hall–Kier alpha value is -3.45. The third kappa shape index (κ3) is 3.05. The van der Waals surface area contributed by atoms with Crippen molar-refractivity contribution in [2.45, 2.75) is 0 Å². The van der Waals surface area contributed by atoms with Gasteiger partial charge in [0.2, 0.25) is 5.78 Å². The van der Waals surface area contributed by atoms with E-state index in [4.69, 9.17) is 0 Å². The molecule has 0 fully saturated rings. The third-order valence-electron chi connectivity index (χ3n) is 4.72. The minimum absolute atomic E-state index is 0.0947. The number of H-pyrrole nitrogens is 1. The topological polar surface area (TPSA) is 97.8 Å². The van der Waals surface area contributed by atoms with Crippen molar-refractivity contribution in [3.05, 3.63) is 59.2 Å². The van der Waals surface area contributed by atoms with E-state index in [1.165, 1.54) is 0 Å². The minimum Gasteiger partial charge on any atom is -0.494 e. The zero-order valence-electron chi connectivity index (χ0n) is 15.6. The quantitative estimate of drug-likeness (QED) is 0.637. The zero-order valence-corrected chi connectivity index (χ0v) is 15.6. The van der Waals surface area contributed by atoms with E-state index in [9.17, 15) is 14.7 Å². The van der Waals surface area contributed by atoms with Crippen LogP contribution in [0, 0.1) is 0 Å². The third-order valence-corrected chi connectivity index (χ3v) is 4.72. The number of aromatic amines is 1. The Labute approximate surface area is 161 Å². The minimum atomic E-state index is -0.307. The van der Waals surface area contributed by atoms with Crippen molar-refractivity contribution in [1.82, 2.24) is 15.2 Å². The number of nitrogens with one attached hydrogen (secondary N) is 2. The fourth-order valence-corrected chi connectivity index (χ4v) is 3.29. The lowest BCUT2D eigenvalue weighted by Crippen LogP contribution is -2.31. The van der Waals surface area contributed by atoms with Crippen LogP contribution in [0.15, 0.2) is 47.5 Å². The molecule has 2 heterocycles. The molecular weight excluding hydrogens is 356 g/mol. The monoisotopic (exact) mass is 376 g/mol. The number of para-hydroxylation sites is 1. The van der Waals surface area contributed by atoms with E-state index in [0.29, 0.717) is 28.9 Å². The van der Waals surface area contributed by atoms with Crippen molar-refractivity contribution in [1.29, 1.82) is 0 Å². The van der Waals surface area contributed by atoms with Gasteiger partial charge in [-0.3, -0.25) is 9.59 Å². The first-order valence-corrected chi connectivity index (χ1v) is 8.96. The summed E-state index contributed by atoms with van der Waals surface area (Å²) in [6.07, 6.45) is 0. The van der Waals surface area contributed by atoms with Gasteiger partial charge in [-0.2, -0.15) is 0 Å². The number of amides is 1. The summed E-state index contributed by atoms with van der Waals surface area (Å²) in [5.74, 6) is -0.637. The van der Waals surface area contributed by atoms with Gasteiger partial charge in [0.1, 0.15) is 5.71 Å². The summed E-state index contributed by atoms with van der Waals surface area (Å²) < 4.78 is 0. The van der Waals surface area contributed by atoms with Crippen molar-refractivity contribution in [2.24, 2.45) is 4.99 Å². The summed E-state index contributed by atoms with van der Waals surface area (Å²) in [6.45, 7) is 1.24. The average Bonchev–Trinajstić information content (AvgIpc) is 3.17. The lowest BCUT2D eigenvalue weighted by molar-refractivity contribution is 0.0951. The maximum Gasteiger partial charge on any atom is 0.251 e. The molecule has 3 N–H and O–H groups in total. The van der Waals surface area contributed by atoms with E-state index >= 15 is 0 Å². The highest BCUT2D eigenvalue weighted by Crippen LogP contribution is 2.35. The van der Waals surface area contributed by atoms with Gasteiger partial charge in [-0.05, 0) is 38.4 Å². The van der Waals surface area contributed by atoms with E-state index in [0.717, 1.165) is 17.4 Å². The normalized spacial score (nSPS) is 13.1. The second-order valence-electron chi connectivity index (χ2n) is 6.97. The molecule has 0 unspecified atom stereocenters. The molecule has 7 nitrogen and oxygen atoms in total. The summed E-state index contributed by atoms with van der Waals surface area (Å²) in [7, 11) is 3.86. The molecule has 0 spiro atoms. The fourth-order valence-electron chi connectivity index (χ4n) is 3.29. The molecule has 0 bridgehead atoms. The molecule has 142 valence electrons. The van der Waals surface area contributed by atoms with Crippen molar-refractivity contribution in [3.63, 3.8) is 0 Å². The predicted octanol–water partition coefficient (Wildman–Crippen LogP) is 2.48. The van der Waals surface area contributed by atoms with Crippen LogP contribution in [-0.2, 0) is 0 Å². The maximum absolute atomic E-state index is 13.0. The number of carbonyl (C=O) groups is 2.